The Morgan fingerprint density at radius 3 is 2.52 bits per heavy atom. The number of hydrogen-bond donors (Lipinski definition) is 2. The lowest BCUT2D eigenvalue weighted by Crippen LogP contribution is -2.25. The van der Waals surface area contributed by atoms with Gasteiger partial charge in [0, 0.05) is 10.7 Å². The number of amides is 1. The molecule has 8 heteroatoms. The molecule has 0 bridgehead atoms. The maximum Gasteiger partial charge on any atom is 0.340 e. The van der Waals surface area contributed by atoms with E-state index in [2.05, 4.69) is 15.5 Å². The lowest BCUT2D eigenvalue weighted by molar-refractivity contribution is -0.123. The van der Waals surface area contributed by atoms with Crippen molar-refractivity contribution >= 4 is 29.2 Å². The van der Waals surface area contributed by atoms with Gasteiger partial charge in [-0.1, -0.05) is 11.6 Å². The second-order valence-electron chi connectivity index (χ2n) is 5.82. The van der Waals surface area contributed by atoms with E-state index in [1.54, 1.807) is 52.0 Å². The molecule has 0 unspecified atom stereocenters. The van der Waals surface area contributed by atoms with Gasteiger partial charge in [0.25, 0.3) is 5.91 Å². The van der Waals surface area contributed by atoms with Gasteiger partial charge < -0.3 is 14.5 Å². The predicted molar refractivity (Wildman–Crippen MR) is 104 cm³/mol. The number of hydrazone groups is 1. The summed E-state index contributed by atoms with van der Waals surface area (Å²) in [6.45, 7) is 7.19. The second kappa shape index (κ2) is 9.23. The average molecular weight is 392 g/mol. The molecule has 0 atom stereocenters. The van der Waals surface area contributed by atoms with Crippen LogP contribution in [0.4, 0.5) is 0 Å². The standard InChI is InChI=1S/C19H22ClN3O4/c1-5-26-19(25)17-11(2)18(21-12(17)3)13(4)22-23-16(24)10-27-15-8-6-14(20)7-9-15/h6-9,21H,5,10H2,1-4H3,(H,23,24)/b22-13+. The monoisotopic (exact) mass is 391 g/mol. The van der Waals surface area contributed by atoms with Crippen LogP contribution in [0.15, 0.2) is 29.4 Å². The summed E-state index contributed by atoms with van der Waals surface area (Å²) in [6, 6.07) is 6.70. The highest BCUT2D eigenvalue weighted by Gasteiger charge is 2.20. The summed E-state index contributed by atoms with van der Waals surface area (Å²) >= 11 is 5.80. The third kappa shape index (κ3) is 5.34. The fourth-order valence-electron chi connectivity index (χ4n) is 2.54. The number of aromatic amines is 1. The minimum absolute atomic E-state index is 0.185. The number of rotatable bonds is 7. The number of aryl methyl sites for hydroxylation is 1. The van der Waals surface area contributed by atoms with Crippen LogP contribution in [0.1, 0.15) is 41.2 Å². The van der Waals surface area contributed by atoms with E-state index in [9.17, 15) is 9.59 Å². The van der Waals surface area contributed by atoms with Crippen LogP contribution in [0.25, 0.3) is 0 Å². The van der Waals surface area contributed by atoms with E-state index < -0.39 is 5.91 Å². The minimum Gasteiger partial charge on any atom is -0.484 e. The molecule has 1 amide bonds. The lowest BCUT2D eigenvalue weighted by atomic mass is 10.1. The lowest BCUT2D eigenvalue weighted by Gasteiger charge is -2.06. The first kappa shape index (κ1) is 20.5. The van der Waals surface area contributed by atoms with E-state index in [0.29, 0.717) is 40.0 Å². The van der Waals surface area contributed by atoms with Crippen LogP contribution in [-0.4, -0.2) is 35.8 Å². The van der Waals surface area contributed by atoms with Gasteiger partial charge in [-0.25, -0.2) is 10.2 Å². The van der Waals surface area contributed by atoms with Gasteiger partial charge in [0.05, 0.1) is 23.6 Å². The molecule has 0 aliphatic heterocycles. The van der Waals surface area contributed by atoms with Crippen molar-refractivity contribution in [1.82, 2.24) is 10.4 Å². The first-order valence-electron chi connectivity index (χ1n) is 8.41. The predicted octanol–water partition coefficient (Wildman–Crippen LogP) is 3.38. The van der Waals surface area contributed by atoms with E-state index >= 15 is 0 Å². The molecule has 0 aliphatic rings. The van der Waals surface area contributed by atoms with E-state index in [1.165, 1.54) is 0 Å². The Labute approximate surface area is 162 Å². The number of halogens is 1. The highest BCUT2D eigenvalue weighted by atomic mass is 35.5. The van der Waals surface area contributed by atoms with Crippen molar-refractivity contribution < 1.29 is 19.1 Å². The molecule has 2 aromatic rings. The van der Waals surface area contributed by atoms with Crippen molar-refractivity contribution in [2.75, 3.05) is 13.2 Å². The molecule has 7 nitrogen and oxygen atoms in total. The van der Waals surface area contributed by atoms with Gasteiger partial charge in [0.15, 0.2) is 6.61 Å². The van der Waals surface area contributed by atoms with E-state index in [0.717, 1.165) is 5.56 Å². The third-order valence-electron chi connectivity index (χ3n) is 3.81. The Bertz CT molecular complexity index is 857. The van der Waals surface area contributed by atoms with Gasteiger partial charge >= 0.3 is 5.97 Å². The van der Waals surface area contributed by atoms with Gasteiger partial charge in [-0.3, -0.25) is 4.79 Å². The van der Waals surface area contributed by atoms with E-state index in [4.69, 9.17) is 21.1 Å². The number of benzene rings is 1. The summed E-state index contributed by atoms with van der Waals surface area (Å²) in [7, 11) is 0. The zero-order valence-electron chi connectivity index (χ0n) is 15.7. The largest absolute Gasteiger partial charge is 0.484 e. The number of nitrogens with one attached hydrogen (secondary N) is 2. The van der Waals surface area contributed by atoms with Crippen molar-refractivity contribution in [3.8, 4) is 5.75 Å². The summed E-state index contributed by atoms with van der Waals surface area (Å²) in [6.07, 6.45) is 0. The Kier molecular flexibility index (Phi) is 7.01. The molecular weight excluding hydrogens is 370 g/mol. The maximum atomic E-state index is 12.1. The second-order valence-corrected chi connectivity index (χ2v) is 6.26. The number of esters is 1. The van der Waals surface area contributed by atoms with Crippen LogP contribution < -0.4 is 10.2 Å². The molecule has 0 saturated heterocycles. The molecule has 1 heterocycles. The highest BCUT2D eigenvalue weighted by Crippen LogP contribution is 2.19. The topological polar surface area (TPSA) is 92.8 Å². The van der Waals surface area contributed by atoms with Crippen LogP contribution in [0.3, 0.4) is 0 Å². The first-order chi connectivity index (χ1) is 12.8. The zero-order chi connectivity index (χ0) is 20.0. The number of hydrogen-bond acceptors (Lipinski definition) is 5. The quantitative estimate of drug-likeness (QED) is 0.430. The van der Waals surface area contributed by atoms with E-state index in [1.807, 2.05) is 0 Å². The highest BCUT2D eigenvalue weighted by molar-refractivity contribution is 6.30. The van der Waals surface area contributed by atoms with Crippen molar-refractivity contribution in [3.63, 3.8) is 0 Å². The zero-order valence-corrected chi connectivity index (χ0v) is 16.4. The number of nitrogens with zero attached hydrogens (tertiary/aromatic N) is 1. The molecule has 0 fully saturated rings. The SMILES string of the molecule is CCOC(=O)c1c(C)[nH]c(/C(C)=N/NC(=O)COc2ccc(Cl)cc2)c1C. The van der Waals surface area contributed by atoms with Crippen LogP contribution in [0.5, 0.6) is 5.75 Å². The molecule has 1 aromatic carbocycles. The minimum atomic E-state index is -0.407. The summed E-state index contributed by atoms with van der Waals surface area (Å²) in [5, 5.41) is 4.66. The molecule has 0 aliphatic carbocycles. The van der Waals surface area contributed by atoms with Crippen molar-refractivity contribution in [3.05, 3.63) is 51.8 Å². The molecule has 144 valence electrons. The normalized spacial score (nSPS) is 11.2. The Hall–Kier alpha value is -2.80. The summed E-state index contributed by atoms with van der Waals surface area (Å²) in [4.78, 5) is 27.1. The van der Waals surface area contributed by atoms with Gasteiger partial charge in [0.1, 0.15) is 5.75 Å². The summed E-state index contributed by atoms with van der Waals surface area (Å²) < 4.78 is 10.4. The Morgan fingerprint density at radius 2 is 1.89 bits per heavy atom. The third-order valence-corrected chi connectivity index (χ3v) is 4.06. The van der Waals surface area contributed by atoms with Gasteiger partial charge in [-0.2, -0.15) is 5.10 Å². The molecule has 0 radical (unpaired) electrons. The average Bonchev–Trinajstić information content (AvgIpc) is 2.93. The smallest absolute Gasteiger partial charge is 0.340 e. The summed E-state index contributed by atoms with van der Waals surface area (Å²) in [5.74, 6) is -0.260. The molecule has 0 spiro atoms. The molecule has 0 saturated carbocycles. The summed E-state index contributed by atoms with van der Waals surface area (Å²) in [5.41, 5.74) is 5.52. The van der Waals surface area contributed by atoms with Crippen LogP contribution in [0.2, 0.25) is 5.02 Å². The fourth-order valence-corrected chi connectivity index (χ4v) is 2.66. The molecule has 27 heavy (non-hydrogen) atoms. The fraction of sp³-hybridized carbons (Fsp3) is 0.316. The van der Waals surface area contributed by atoms with Gasteiger partial charge in [0.2, 0.25) is 0 Å². The van der Waals surface area contributed by atoms with Crippen molar-refractivity contribution in [2.45, 2.75) is 27.7 Å². The first-order valence-corrected chi connectivity index (χ1v) is 8.79. The Balaban J connectivity index is 2.00. The molecule has 1 aromatic heterocycles. The molecular formula is C19H22ClN3O4. The number of H-pyrrole nitrogens is 1. The maximum absolute atomic E-state index is 12.1. The number of carbonyl (C=O) groups is 2. The Morgan fingerprint density at radius 1 is 1.22 bits per heavy atom. The van der Waals surface area contributed by atoms with Gasteiger partial charge in [-0.15, -0.1) is 0 Å². The van der Waals surface area contributed by atoms with Crippen molar-refractivity contribution in [2.24, 2.45) is 5.10 Å². The molecule has 2 N–H and O–H groups in total. The number of aromatic nitrogens is 1. The number of ether oxygens (including phenoxy) is 2. The van der Waals surface area contributed by atoms with E-state index in [-0.39, 0.29) is 12.6 Å². The van der Waals surface area contributed by atoms with Crippen LogP contribution >= 0.6 is 11.6 Å². The molecule has 2 rings (SSSR count). The van der Waals surface area contributed by atoms with Crippen LogP contribution in [0, 0.1) is 13.8 Å². The van der Waals surface area contributed by atoms with Gasteiger partial charge in [-0.05, 0) is 57.5 Å². The number of carbonyl (C=O) groups excluding carboxylic acids is 2. The van der Waals surface area contributed by atoms with Crippen molar-refractivity contribution in [1.29, 1.82) is 0 Å². The van der Waals surface area contributed by atoms with Crippen LogP contribution in [-0.2, 0) is 9.53 Å².